The second-order valence-electron chi connectivity index (χ2n) is 27.1. The molecule has 0 amide bonds. The number of aromatic nitrogens is 6. The molecule has 5 aromatic carbocycles. The highest BCUT2D eigenvalue weighted by atomic mass is 79.9. The largest absolute Gasteiger partial charge is 0.495 e. The predicted molar refractivity (Wildman–Crippen MR) is 490 cm³/mol. The van der Waals surface area contributed by atoms with Gasteiger partial charge in [0.15, 0.2) is 5.78 Å². The van der Waals surface area contributed by atoms with Crippen molar-refractivity contribution in [3.05, 3.63) is 285 Å². The minimum absolute atomic E-state index is 0. The predicted octanol–water partition coefficient (Wildman–Crippen LogP) is 17.4. The van der Waals surface area contributed by atoms with Crippen molar-refractivity contribution in [2.24, 2.45) is 0 Å². The number of carboxylic acids is 1. The Morgan fingerprint density at radius 2 is 0.903 bits per heavy atom. The summed E-state index contributed by atoms with van der Waals surface area (Å²) >= 11 is 33.3. The zero-order chi connectivity index (χ0) is 91.3. The Balaban J connectivity index is 0.000000327. The summed E-state index contributed by atoms with van der Waals surface area (Å²) in [6.45, 7) is 10.5. The molecular formula is C88H83BBr4Cl4N10O17. The van der Waals surface area contributed by atoms with Crippen LogP contribution < -0.4 is 45.0 Å². The number of pyridine rings is 6. The van der Waals surface area contributed by atoms with Crippen molar-refractivity contribution in [3.8, 4) is 92.4 Å². The molecule has 0 saturated carbocycles. The van der Waals surface area contributed by atoms with Crippen LogP contribution in [0, 0.1) is 45.3 Å². The van der Waals surface area contributed by atoms with Gasteiger partial charge in [-0.25, -0.2) is 14.8 Å². The zero-order valence-corrected chi connectivity index (χ0v) is 78.2. The lowest BCUT2D eigenvalue weighted by atomic mass is 9.80. The molecule has 0 fully saturated rings. The lowest BCUT2D eigenvalue weighted by molar-refractivity contribution is -0.155. The standard InChI is InChI=1S/C29H22ClN3O5.C19H19ClN2O4.C14H11ClN2O2.C7H10BNO4.C7H3BrClN.C6H6BrN.C6H11BrO2.BrH/c1-38-27-17-33(28(35)15-24(27)23-14-22(30)7-6-21(23)16-31)25(12-19-8-10-32-11-9-19)26(34)13-18-2-4-20(5-3-18)29(36)37;1-19(2,3)26-18(24)11-22-10-16(25-4)15(8-17(22)23)14-7-13(20)6-5-12(14)9-21;1-18-13-8-17-14(19-2)6-12(13)11-5-10(15)4-3-9(11)7-16;1-12-6-4-9-7(13-2)3-5(6)8(10)11;8-7-3-6(9)2-1-5(7)4-10;7-5-6-1-3-8-4-2-6;1-6(2,3)9-5(8)4-7;/h2-11,14-15,17,25H,12-13H2,1H3,(H,36,37);5-8,10H,11H2,1-4H3;3-6,8H,1-2H3;3-4,10-11H,1-2H3;1-3H;1-4H,5H2;4H2,1-3H3;1H/t25-;;;;;;;/m0......./s1. The first-order chi connectivity index (χ1) is 58.4. The van der Waals surface area contributed by atoms with Crippen LogP contribution in [0.3, 0.4) is 0 Å². The number of alkyl halides is 2. The molecule has 0 aliphatic rings. The Morgan fingerprint density at radius 3 is 1.30 bits per heavy atom. The number of rotatable bonds is 21. The number of halogens is 8. The molecule has 0 unspecified atom stereocenters. The summed E-state index contributed by atoms with van der Waals surface area (Å²) < 4.78 is 44.4. The van der Waals surface area contributed by atoms with Crippen LogP contribution >= 0.6 is 111 Å². The van der Waals surface area contributed by atoms with Gasteiger partial charge in [-0.15, -0.1) is 17.0 Å². The Bertz CT molecular complexity index is 5770. The van der Waals surface area contributed by atoms with Crippen molar-refractivity contribution >= 4 is 147 Å². The van der Waals surface area contributed by atoms with E-state index in [4.69, 9.17) is 105 Å². The van der Waals surface area contributed by atoms with Crippen LogP contribution in [0.5, 0.6) is 34.8 Å². The molecule has 36 heteroatoms. The molecular weight excluding hydrogens is 1940 g/mol. The molecule has 0 aliphatic heterocycles. The van der Waals surface area contributed by atoms with Gasteiger partial charge in [0, 0.05) is 131 Å². The van der Waals surface area contributed by atoms with Crippen LogP contribution in [-0.4, -0.2) is 134 Å². The Morgan fingerprint density at radius 1 is 0.492 bits per heavy atom. The van der Waals surface area contributed by atoms with Crippen LogP contribution in [0.2, 0.25) is 20.1 Å². The van der Waals surface area contributed by atoms with Gasteiger partial charge in [0.1, 0.15) is 52.1 Å². The zero-order valence-electron chi connectivity index (χ0n) is 68.7. The van der Waals surface area contributed by atoms with Gasteiger partial charge in [-0.05, 0) is 183 Å². The summed E-state index contributed by atoms with van der Waals surface area (Å²) in [6.07, 6.45) is 12.8. The molecule has 0 aliphatic carbocycles. The van der Waals surface area contributed by atoms with Crippen molar-refractivity contribution in [1.82, 2.24) is 29.1 Å². The lowest BCUT2D eigenvalue weighted by Crippen LogP contribution is -2.32. The summed E-state index contributed by atoms with van der Waals surface area (Å²) in [5.74, 6) is 0.198. The van der Waals surface area contributed by atoms with Gasteiger partial charge in [0.25, 0.3) is 11.1 Å². The third kappa shape index (κ3) is 33.6. The first kappa shape index (κ1) is 105. The maximum Gasteiger partial charge on any atom is 0.492 e. The molecule has 646 valence electrons. The van der Waals surface area contributed by atoms with Crippen LogP contribution in [0.4, 0.5) is 0 Å². The van der Waals surface area contributed by atoms with E-state index in [9.17, 15) is 44.6 Å². The second-order valence-corrected chi connectivity index (χ2v) is 30.9. The topological polar surface area (TPSA) is 394 Å². The van der Waals surface area contributed by atoms with Gasteiger partial charge < -0.3 is 62.2 Å². The third-order valence-electron chi connectivity index (χ3n) is 16.3. The second kappa shape index (κ2) is 52.2. The van der Waals surface area contributed by atoms with Gasteiger partial charge in [-0.1, -0.05) is 90.4 Å². The minimum Gasteiger partial charge on any atom is -0.495 e. The van der Waals surface area contributed by atoms with Crippen molar-refractivity contribution in [2.45, 2.75) is 83.5 Å². The van der Waals surface area contributed by atoms with Crippen molar-refractivity contribution in [3.63, 3.8) is 0 Å². The normalized spacial score (nSPS) is 10.4. The number of hydrogen-bond acceptors (Lipinski definition) is 24. The van der Waals surface area contributed by atoms with E-state index in [-0.39, 0.29) is 70.1 Å². The maximum absolute atomic E-state index is 13.6. The maximum atomic E-state index is 13.6. The number of ether oxygens (including phenoxy) is 8. The minimum atomic E-state index is -1.59. The van der Waals surface area contributed by atoms with Crippen molar-refractivity contribution in [2.75, 3.05) is 48.0 Å². The average Bonchev–Trinajstić information content (AvgIpc) is 0.786. The van der Waals surface area contributed by atoms with E-state index in [1.165, 1.54) is 99.2 Å². The first-order valence-electron chi connectivity index (χ1n) is 36.2. The molecule has 0 bridgehead atoms. The Kier molecular flexibility index (Phi) is 44.1. The summed E-state index contributed by atoms with van der Waals surface area (Å²) in [4.78, 5) is 89.0. The monoisotopic (exact) mass is 2020 g/mol. The quantitative estimate of drug-likeness (QED) is 0.0342. The highest BCUT2D eigenvalue weighted by molar-refractivity contribution is 9.10. The number of carboxylic acid groups (broad SMARTS) is 1. The van der Waals surface area contributed by atoms with E-state index in [1.54, 1.807) is 162 Å². The SMILES string of the molecule is Br.BrCc1ccncc1.CC(C)(C)OC(=O)CBr.COc1cc(-c2cc(Cl)ccc2C#N)c(OC)cn1.COc1cc(B(O)O)c(OC)cn1.COc1cn(CC(=O)OC(C)(C)C)c(=O)cc1-c1cc(Cl)ccc1C#N.COc1cn([C@@H](Cc2ccncc2)C(=O)Cc2ccc(C(=O)O)cc2)c(=O)cc1-c1cc(Cl)ccc1C#N.N#Cc1ccc(Cl)cc1Br. The third-order valence-corrected chi connectivity index (χ3v) is 19.0. The lowest BCUT2D eigenvalue weighted by Gasteiger charge is -2.21. The smallest absolute Gasteiger partial charge is 0.492 e. The van der Waals surface area contributed by atoms with E-state index in [0.717, 1.165) is 15.4 Å². The van der Waals surface area contributed by atoms with E-state index >= 15 is 0 Å². The van der Waals surface area contributed by atoms with Crippen LogP contribution in [0.25, 0.3) is 33.4 Å². The van der Waals surface area contributed by atoms with E-state index in [2.05, 4.69) is 85.9 Å². The van der Waals surface area contributed by atoms with Crippen LogP contribution in [-0.2, 0) is 48.6 Å². The Hall–Kier alpha value is -11.5. The van der Waals surface area contributed by atoms with Crippen LogP contribution in [0.15, 0.2) is 209 Å². The molecule has 6 aromatic heterocycles. The number of nitrogens with zero attached hydrogens (tertiary/aromatic N) is 10. The first-order valence-corrected chi connectivity index (χ1v) is 40.7. The van der Waals surface area contributed by atoms with E-state index in [0.29, 0.717) is 116 Å². The number of methoxy groups -OCH3 is 6. The van der Waals surface area contributed by atoms with E-state index in [1.807, 2.05) is 39.0 Å². The Labute approximate surface area is 772 Å². The molecule has 3 N–H and O–H groups in total. The number of carbonyl (C=O) groups excluding carboxylic acids is 3. The number of Topliss-reactive ketones (excluding diaryl/α,β-unsaturated/α-hetero) is 1. The number of esters is 2. The highest BCUT2D eigenvalue weighted by Gasteiger charge is 2.27. The summed E-state index contributed by atoms with van der Waals surface area (Å²) in [6, 6.07) is 46.3. The fraction of sp³-hybridized carbons (Fsp3) is 0.227. The van der Waals surface area contributed by atoms with Crippen LogP contribution in [0.1, 0.15) is 96.9 Å². The molecule has 124 heavy (non-hydrogen) atoms. The van der Waals surface area contributed by atoms with Gasteiger partial charge in [-0.3, -0.25) is 33.9 Å². The van der Waals surface area contributed by atoms with Gasteiger partial charge in [-0.2, -0.15) is 21.0 Å². The molecule has 0 saturated heterocycles. The number of hydrogen-bond donors (Lipinski definition) is 3. The van der Waals surface area contributed by atoms with Gasteiger partial charge >= 0.3 is 25.0 Å². The fourth-order valence-electron chi connectivity index (χ4n) is 10.7. The molecule has 0 radical (unpaired) electrons. The highest BCUT2D eigenvalue weighted by Crippen LogP contribution is 2.38. The molecule has 11 aromatic rings. The summed E-state index contributed by atoms with van der Waals surface area (Å²) in [5, 5.41) is 66.8. The van der Waals surface area contributed by atoms with Gasteiger partial charge in [0.05, 0.1) is 120 Å². The number of ketones is 1. The number of benzene rings is 5. The van der Waals surface area contributed by atoms with Crippen molar-refractivity contribution < 1.29 is 72.2 Å². The molecule has 11 rings (SSSR count). The summed E-state index contributed by atoms with van der Waals surface area (Å²) in [7, 11) is 7.24. The fourth-order valence-corrected chi connectivity index (χ4v) is 12.4. The number of nitriles is 4. The number of aromatic carboxylic acids is 1. The number of carbonyl (C=O) groups is 4. The molecule has 6 heterocycles. The average molecular weight is 2020 g/mol. The summed E-state index contributed by atoms with van der Waals surface area (Å²) in [5.41, 5.74) is 6.08. The molecule has 27 nitrogen and oxygen atoms in total. The molecule has 1 atom stereocenters. The van der Waals surface area contributed by atoms with Crippen molar-refractivity contribution in [1.29, 1.82) is 21.0 Å². The molecule has 0 spiro atoms. The van der Waals surface area contributed by atoms with E-state index < -0.39 is 41.8 Å². The van der Waals surface area contributed by atoms with Gasteiger partial charge in [0.2, 0.25) is 11.8 Å².